The zero-order chi connectivity index (χ0) is 20.0. The van der Waals surface area contributed by atoms with Crippen molar-refractivity contribution in [1.29, 1.82) is 0 Å². The Labute approximate surface area is 163 Å². The molecule has 1 unspecified atom stereocenters. The fourth-order valence-corrected chi connectivity index (χ4v) is 3.51. The number of carbonyl (C=O) groups excluding carboxylic acids is 1. The molecule has 6 heteroatoms. The third kappa shape index (κ3) is 6.09. The summed E-state index contributed by atoms with van der Waals surface area (Å²) in [5.41, 5.74) is 2.11. The molecular formula is C22H25F3N2O. The zero-order valence-corrected chi connectivity index (χ0v) is 15.7. The van der Waals surface area contributed by atoms with Crippen LogP contribution < -0.4 is 10.6 Å². The van der Waals surface area contributed by atoms with E-state index >= 15 is 0 Å². The van der Waals surface area contributed by atoms with Crippen LogP contribution in [-0.2, 0) is 30.2 Å². The van der Waals surface area contributed by atoms with Crippen molar-refractivity contribution in [1.82, 2.24) is 10.6 Å². The van der Waals surface area contributed by atoms with E-state index in [0.29, 0.717) is 24.4 Å². The van der Waals surface area contributed by atoms with Crippen LogP contribution in [0.25, 0.3) is 0 Å². The molecule has 0 aliphatic carbocycles. The van der Waals surface area contributed by atoms with E-state index in [1.54, 1.807) is 6.07 Å². The number of carbonyl (C=O) groups is 1. The van der Waals surface area contributed by atoms with Gasteiger partial charge >= 0.3 is 6.18 Å². The smallest absolute Gasteiger partial charge is 0.355 e. The van der Waals surface area contributed by atoms with Crippen molar-refractivity contribution in [3.8, 4) is 0 Å². The molecule has 1 aliphatic heterocycles. The molecular weight excluding hydrogens is 365 g/mol. The molecule has 1 amide bonds. The third-order valence-corrected chi connectivity index (χ3v) is 5.06. The Morgan fingerprint density at radius 1 is 1.07 bits per heavy atom. The Hall–Kier alpha value is -2.34. The molecule has 1 aliphatic rings. The van der Waals surface area contributed by atoms with Gasteiger partial charge in [0.15, 0.2) is 0 Å². The van der Waals surface area contributed by atoms with Gasteiger partial charge in [-0.25, -0.2) is 0 Å². The van der Waals surface area contributed by atoms with Crippen LogP contribution in [-0.4, -0.2) is 25.5 Å². The highest BCUT2D eigenvalue weighted by Gasteiger charge is 2.30. The molecule has 1 fully saturated rings. The molecule has 0 radical (unpaired) electrons. The molecule has 2 aromatic carbocycles. The van der Waals surface area contributed by atoms with Crippen molar-refractivity contribution < 1.29 is 18.0 Å². The highest BCUT2D eigenvalue weighted by atomic mass is 19.4. The quantitative estimate of drug-likeness (QED) is 0.756. The number of amides is 1. The van der Waals surface area contributed by atoms with Crippen LogP contribution >= 0.6 is 0 Å². The minimum atomic E-state index is -4.35. The number of hydrogen-bond acceptors (Lipinski definition) is 2. The maximum absolute atomic E-state index is 12.7. The van der Waals surface area contributed by atoms with Crippen LogP contribution in [0.15, 0.2) is 48.5 Å². The lowest BCUT2D eigenvalue weighted by Gasteiger charge is -2.10. The van der Waals surface area contributed by atoms with Gasteiger partial charge < -0.3 is 10.6 Å². The second kappa shape index (κ2) is 9.24. The topological polar surface area (TPSA) is 41.1 Å². The average Bonchev–Trinajstić information content (AvgIpc) is 3.16. The molecule has 2 N–H and O–H groups in total. The molecule has 2 aromatic rings. The molecule has 0 saturated carbocycles. The third-order valence-electron chi connectivity index (χ3n) is 5.06. The normalized spacial score (nSPS) is 16.9. The van der Waals surface area contributed by atoms with E-state index in [9.17, 15) is 18.0 Å². The molecule has 1 saturated heterocycles. The SMILES string of the molecule is O=C(Cc1ccc(CC2CCNC2)cc1)NCCc1cccc(C(F)(F)F)c1. The largest absolute Gasteiger partial charge is 0.416 e. The van der Waals surface area contributed by atoms with Crippen LogP contribution in [0.5, 0.6) is 0 Å². The van der Waals surface area contributed by atoms with Gasteiger partial charge in [0.25, 0.3) is 0 Å². The van der Waals surface area contributed by atoms with Crippen LogP contribution in [0.1, 0.15) is 28.7 Å². The van der Waals surface area contributed by atoms with E-state index in [1.165, 1.54) is 18.1 Å². The lowest BCUT2D eigenvalue weighted by molar-refractivity contribution is -0.137. The van der Waals surface area contributed by atoms with Crippen LogP contribution in [0, 0.1) is 5.92 Å². The Bertz CT molecular complexity index is 781. The van der Waals surface area contributed by atoms with Crippen LogP contribution in [0.3, 0.4) is 0 Å². The van der Waals surface area contributed by atoms with E-state index in [4.69, 9.17) is 0 Å². The first-order valence-electron chi connectivity index (χ1n) is 9.61. The van der Waals surface area contributed by atoms with Gasteiger partial charge in [0.05, 0.1) is 12.0 Å². The van der Waals surface area contributed by atoms with Crippen molar-refractivity contribution in [2.75, 3.05) is 19.6 Å². The molecule has 0 aromatic heterocycles. The summed E-state index contributed by atoms with van der Waals surface area (Å²) in [5.74, 6) is 0.560. The Morgan fingerprint density at radius 2 is 1.82 bits per heavy atom. The average molecular weight is 390 g/mol. The van der Waals surface area contributed by atoms with E-state index in [0.717, 1.165) is 37.2 Å². The van der Waals surface area contributed by atoms with Gasteiger partial charge in [0, 0.05) is 6.54 Å². The fraction of sp³-hybridized carbons (Fsp3) is 0.409. The fourth-order valence-electron chi connectivity index (χ4n) is 3.51. The van der Waals surface area contributed by atoms with Gasteiger partial charge in [0.2, 0.25) is 5.91 Å². The second-order valence-corrected chi connectivity index (χ2v) is 7.35. The van der Waals surface area contributed by atoms with Gasteiger partial charge in [-0.1, -0.05) is 42.5 Å². The molecule has 0 spiro atoms. The summed E-state index contributed by atoms with van der Waals surface area (Å²) < 4.78 is 38.2. The number of nitrogens with one attached hydrogen (secondary N) is 2. The summed E-state index contributed by atoms with van der Waals surface area (Å²) in [6.45, 7) is 2.46. The van der Waals surface area contributed by atoms with Crippen molar-refractivity contribution in [2.24, 2.45) is 5.92 Å². The molecule has 3 rings (SSSR count). The van der Waals surface area contributed by atoms with E-state index in [2.05, 4.69) is 22.8 Å². The van der Waals surface area contributed by atoms with Gasteiger partial charge in [-0.05, 0) is 61.0 Å². The lowest BCUT2D eigenvalue weighted by atomic mass is 9.97. The first-order chi connectivity index (χ1) is 13.4. The highest BCUT2D eigenvalue weighted by molar-refractivity contribution is 5.78. The van der Waals surface area contributed by atoms with Crippen molar-refractivity contribution in [3.05, 3.63) is 70.8 Å². The summed E-state index contributed by atoms with van der Waals surface area (Å²) >= 11 is 0. The molecule has 3 nitrogen and oxygen atoms in total. The number of alkyl halides is 3. The van der Waals surface area contributed by atoms with Gasteiger partial charge in [0.1, 0.15) is 0 Å². The van der Waals surface area contributed by atoms with Crippen LogP contribution in [0.2, 0.25) is 0 Å². The predicted octanol–water partition coefficient (Wildman–Crippen LogP) is 3.76. The summed E-state index contributed by atoms with van der Waals surface area (Å²) in [5, 5.41) is 6.15. The van der Waals surface area contributed by atoms with Crippen molar-refractivity contribution >= 4 is 5.91 Å². The van der Waals surface area contributed by atoms with Gasteiger partial charge in [-0.3, -0.25) is 4.79 Å². The molecule has 150 valence electrons. The summed E-state index contributed by atoms with van der Waals surface area (Å²) in [6.07, 6.45) is -1.45. The van der Waals surface area contributed by atoms with Gasteiger partial charge in [-0.2, -0.15) is 13.2 Å². The summed E-state index contributed by atoms with van der Waals surface area (Å²) in [7, 11) is 0. The summed E-state index contributed by atoms with van der Waals surface area (Å²) in [6, 6.07) is 13.3. The number of halogens is 3. The number of benzene rings is 2. The lowest BCUT2D eigenvalue weighted by Crippen LogP contribution is -2.27. The predicted molar refractivity (Wildman–Crippen MR) is 103 cm³/mol. The molecule has 28 heavy (non-hydrogen) atoms. The van der Waals surface area contributed by atoms with E-state index in [1.807, 2.05) is 12.1 Å². The number of rotatable bonds is 7. The Morgan fingerprint density at radius 3 is 2.50 bits per heavy atom. The van der Waals surface area contributed by atoms with E-state index < -0.39 is 11.7 Å². The van der Waals surface area contributed by atoms with Crippen LogP contribution in [0.4, 0.5) is 13.2 Å². The Balaban J connectivity index is 1.43. The first-order valence-corrected chi connectivity index (χ1v) is 9.61. The van der Waals surface area contributed by atoms with E-state index in [-0.39, 0.29) is 12.3 Å². The highest BCUT2D eigenvalue weighted by Crippen LogP contribution is 2.29. The maximum Gasteiger partial charge on any atom is 0.416 e. The first kappa shape index (κ1) is 20.4. The van der Waals surface area contributed by atoms with Crippen molar-refractivity contribution in [3.63, 3.8) is 0 Å². The molecule has 0 bridgehead atoms. The monoisotopic (exact) mass is 390 g/mol. The minimum Gasteiger partial charge on any atom is -0.355 e. The Kier molecular flexibility index (Phi) is 6.73. The minimum absolute atomic E-state index is 0.125. The standard InChI is InChI=1S/C22H25F3N2O/c23-22(24,25)20-3-1-2-16(13-20)9-11-27-21(28)14-18-6-4-17(5-7-18)12-19-8-10-26-15-19/h1-7,13,19,26H,8-12,14-15H2,(H,27,28). The molecule has 1 heterocycles. The maximum atomic E-state index is 12.7. The second-order valence-electron chi connectivity index (χ2n) is 7.35. The van der Waals surface area contributed by atoms with Crippen molar-refractivity contribution in [2.45, 2.75) is 31.9 Å². The molecule has 1 atom stereocenters. The van der Waals surface area contributed by atoms with Gasteiger partial charge in [-0.15, -0.1) is 0 Å². The zero-order valence-electron chi connectivity index (χ0n) is 15.7. The summed E-state index contributed by atoms with van der Waals surface area (Å²) in [4.78, 5) is 12.1. The number of hydrogen-bond donors (Lipinski definition) is 2.